The Balaban J connectivity index is 1.46. The fourth-order valence-corrected chi connectivity index (χ4v) is 7.10. The molecule has 4 heterocycles. The maximum absolute atomic E-state index is 14.6. The molecule has 1 fully saturated rings. The number of carbonyl (C=O) groups is 3. The highest BCUT2D eigenvalue weighted by Crippen LogP contribution is 2.50. The van der Waals surface area contributed by atoms with Crippen molar-refractivity contribution in [3.05, 3.63) is 52.0 Å². The van der Waals surface area contributed by atoms with E-state index in [9.17, 15) is 19.5 Å². The molecule has 10 heteroatoms. The highest BCUT2D eigenvalue weighted by atomic mass is 35.5. The van der Waals surface area contributed by atoms with Gasteiger partial charge in [-0.05, 0) is 54.9 Å². The number of aliphatic carboxylic acids is 1. The van der Waals surface area contributed by atoms with Crippen LogP contribution in [0.25, 0.3) is 0 Å². The van der Waals surface area contributed by atoms with Crippen LogP contribution in [-0.2, 0) is 25.5 Å². The molecule has 2 amide bonds. The van der Waals surface area contributed by atoms with Crippen LogP contribution in [0, 0.1) is 11.3 Å². The van der Waals surface area contributed by atoms with Crippen molar-refractivity contribution in [2.75, 3.05) is 31.2 Å². The maximum atomic E-state index is 14.6. The van der Waals surface area contributed by atoms with Crippen LogP contribution in [0.15, 0.2) is 30.3 Å². The van der Waals surface area contributed by atoms with Gasteiger partial charge in [-0.25, -0.2) is 0 Å². The topological polar surface area (TPSA) is 106 Å². The fourth-order valence-electron chi connectivity index (χ4n) is 6.85. The molecule has 4 atom stereocenters. The van der Waals surface area contributed by atoms with Crippen LogP contribution in [0.1, 0.15) is 69.2 Å². The molecule has 42 heavy (non-hydrogen) atoms. The first-order chi connectivity index (χ1) is 20.0. The lowest BCUT2D eigenvalue weighted by Crippen LogP contribution is -2.54. The van der Waals surface area contributed by atoms with Gasteiger partial charge in [0.15, 0.2) is 11.5 Å². The molecule has 0 bridgehead atoms. The van der Waals surface area contributed by atoms with Gasteiger partial charge in [0.2, 0.25) is 5.91 Å². The molecule has 4 aliphatic heterocycles. The number of fused-ring (bicyclic) bond motifs is 1. The Bertz CT molecular complexity index is 1420. The number of halogens is 1. The normalized spacial score (nSPS) is 25.5. The van der Waals surface area contributed by atoms with E-state index in [0.717, 1.165) is 29.7 Å². The average molecular weight is 597 g/mol. The minimum absolute atomic E-state index is 0.129. The van der Waals surface area contributed by atoms with Crippen molar-refractivity contribution < 1.29 is 33.7 Å². The molecule has 0 spiro atoms. The molecule has 0 saturated carbocycles. The number of ether oxygens (including phenoxy) is 3. The number of hydrogen-bond donors (Lipinski definition) is 1. The number of amides is 2. The molecule has 0 unspecified atom stereocenters. The predicted octanol–water partition coefficient (Wildman–Crippen LogP) is 5.01. The van der Waals surface area contributed by atoms with E-state index < -0.39 is 24.1 Å². The van der Waals surface area contributed by atoms with E-state index in [1.54, 1.807) is 4.90 Å². The Morgan fingerprint density at radius 1 is 1.10 bits per heavy atom. The van der Waals surface area contributed by atoms with Crippen molar-refractivity contribution in [1.82, 2.24) is 4.90 Å². The van der Waals surface area contributed by atoms with E-state index >= 15 is 0 Å². The summed E-state index contributed by atoms with van der Waals surface area (Å²) in [5.41, 5.74) is 2.96. The standard InChI is InChI=1S/C32H37ClN2O7/c1-32(2,3)25-10-9-18-14-20(33)15-22-27(18)35(25)30(37)24(16-26(36)34-11-5-6-19(17-34)31(38)39)42-28(22)21-7-4-8-23-29(21)41-13-12-40-23/h4,7-8,14-15,19,24-25,28H,5-6,9-13,16-17H2,1-3H3,(H,38,39)/t19-,24-,25+,28-/m1/s1. The van der Waals surface area contributed by atoms with E-state index in [-0.39, 0.29) is 36.2 Å². The summed E-state index contributed by atoms with van der Waals surface area (Å²) < 4.78 is 18.7. The highest BCUT2D eigenvalue weighted by Gasteiger charge is 2.47. The lowest BCUT2D eigenvalue weighted by molar-refractivity contribution is -0.149. The minimum Gasteiger partial charge on any atom is -0.486 e. The molecule has 0 aromatic heterocycles. The highest BCUT2D eigenvalue weighted by molar-refractivity contribution is 6.31. The SMILES string of the molecule is CC(C)(C)[C@@H]1CCc2cc(Cl)cc3c2N1C(=O)[C@@H](CC(=O)N1CCC[C@@H](C(=O)O)C1)O[C@@H]3c1cccc2c1OCCO2. The van der Waals surface area contributed by atoms with E-state index in [1.165, 1.54) is 0 Å². The summed E-state index contributed by atoms with van der Waals surface area (Å²) in [5.74, 6) is -0.941. The summed E-state index contributed by atoms with van der Waals surface area (Å²) in [4.78, 5) is 43.3. The van der Waals surface area contributed by atoms with Gasteiger partial charge in [-0.15, -0.1) is 0 Å². The molecular formula is C32H37ClN2O7. The van der Waals surface area contributed by atoms with E-state index in [4.69, 9.17) is 25.8 Å². The summed E-state index contributed by atoms with van der Waals surface area (Å²) >= 11 is 6.68. The van der Waals surface area contributed by atoms with Gasteiger partial charge < -0.3 is 29.1 Å². The second-order valence-electron chi connectivity index (χ2n) is 12.7. The van der Waals surface area contributed by atoms with Gasteiger partial charge in [0.1, 0.15) is 25.4 Å². The number of carboxylic acid groups (broad SMARTS) is 1. The quantitative estimate of drug-likeness (QED) is 0.529. The molecular weight excluding hydrogens is 560 g/mol. The fraction of sp³-hybridized carbons (Fsp3) is 0.531. The molecule has 4 aliphatic rings. The van der Waals surface area contributed by atoms with Crippen LogP contribution in [-0.4, -0.2) is 66.2 Å². The Morgan fingerprint density at radius 3 is 2.64 bits per heavy atom. The van der Waals surface area contributed by atoms with Crippen molar-refractivity contribution >= 4 is 35.1 Å². The molecule has 6 rings (SSSR count). The van der Waals surface area contributed by atoms with Crippen LogP contribution >= 0.6 is 11.6 Å². The van der Waals surface area contributed by atoms with Crippen molar-refractivity contribution in [1.29, 1.82) is 0 Å². The van der Waals surface area contributed by atoms with E-state index in [1.807, 2.05) is 35.2 Å². The zero-order valence-electron chi connectivity index (χ0n) is 24.2. The summed E-state index contributed by atoms with van der Waals surface area (Å²) in [6.07, 6.45) is 0.575. The second-order valence-corrected chi connectivity index (χ2v) is 13.2. The molecule has 2 aromatic rings. The number of piperidine rings is 1. The summed E-state index contributed by atoms with van der Waals surface area (Å²) in [7, 11) is 0. The largest absolute Gasteiger partial charge is 0.486 e. The molecule has 2 aromatic carbocycles. The lowest BCUT2D eigenvalue weighted by atomic mass is 9.78. The van der Waals surface area contributed by atoms with Crippen LogP contribution in [0.4, 0.5) is 5.69 Å². The van der Waals surface area contributed by atoms with Crippen LogP contribution in [0.5, 0.6) is 11.5 Å². The average Bonchev–Trinajstić information content (AvgIpc) is 3.07. The number of benzene rings is 2. The van der Waals surface area contributed by atoms with E-state index in [0.29, 0.717) is 54.7 Å². The monoisotopic (exact) mass is 596 g/mol. The van der Waals surface area contributed by atoms with Crippen molar-refractivity contribution in [2.24, 2.45) is 11.3 Å². The number of rotatable bonds is 4. The van der Waals surface area contributed by atoms with Crippen LogP contribution < -0.4 is 14.4 Å². The third-order valence-corrected chi connectivity index (χ3v) is 9.10. The Kier molecular flexibility index (Phi) is 7.60. The smallest absolute Gasteiger partial charge is 0.308 e. The Morgan fingerprint density at radius 2 is 1.88 bits per heavy atom. The minimum atomic E-state index is -1.10. The van der Waals surface area contributed by atoms with Crippen LogP contribution in [0.2, 0.25) is 5.02 Å². The van der Waals surface area contributed by atoms with Gasteiger partial charge in [0.25, 0.3) is 5.91 Å². The zero-order valence-corrected chi connectivity index (χ0v) is 25.0. The molecule has 1 saturated heterocycles. The number of carbonyl (C=O) groups excluding carboxylic acids is 2. The Hall–Kier alpha value is -3.30. The first-order valence-electron chi connectivity index (χ1n) is 14.7. The van der Waals surface area contributed by atoms with Crippen LogP contribution in [0.3, 0.4) is 0 Å². The lowest BCUT2D eigenvalue weighted by Gasteiger charge is -2.45. The third kappa shape index (κ3) is 5.22. The first kappa shape index (κ1) is 28.8. The third-order valence-electron chi connectivity index (χ3n) is 8.88. The summed E-state index contributed by atoms with van der Waals surface area (Å²) in [6.45, 7) is 7.75. The molecule has 224 valence electrons. The van der Waals surface area contributed by atoms with Gasteiger partial charge >= 0.3 is 5.97 Å². The first-order valence-corrected chi connectivity index (χ1v) is 15.1. The number of nitrogens with zero attached hydrogens (tertiary/aromatic N) is 2. The van der Waals surface area contributed by atoms with Gasteiger partial charge in [-0.3, -0.25) is 14.4 Å². The number of likely N-dealkylation sites (tertiary alicyclic amines) is 1. The molecule has 9 nitrogen and oxygen atoms in total. The van der Waals surface area contributed by atoms with Crippen molar-refractivity contribution in [3.8, 4) is 11.5 Å². The van der Waals surface area contributed by atoms with Crippen molar-refractivity contribution in [3.63, 3.8) is 0 Å². The maximum Gasteiger partial charge on any atom is 0.308 e. The second kappa shape index (κ2) is 11.1. The molecule has 1 N–H and O–H groups in total. The summed E-state index contributed by atoms with van der Waals surface area (Å²) in [5, 5.41) is 10.1. The molecule has 0 aliphatic carbocycles. The van der Waals surface area contributed by atoms with Crippen molar-refractivity contribution in [2.45, 2.75) is 71.1 Å². The zero-order chi connectivity index (χ0) is 29.8. The number of para-hydroxylation sites is 1. The van der Waals surface area contributed by atoms with Gasteiger partial charge in [0, 0.05) is 35.3 Å². The van der Waals surface area contributed by atoms with Gasteiger partial charge in [-0.2, -0.15) is 0 Å². The summed E-state index contributed by atoms with van der Waals surface area (Å²) in [6, 6.07) is 9.24. The number of hydrogen-bond acceptors (Lipinski definition) is 6. The number of carboxylic acids is 1. The number of aryl methyl sites for hydroxylation is 1. The van der Waals surface area contributed by atoms with Gasteiger partial charge in [-0.1, -0.05) is 44.5 Å². The van der Waals surface area contributed by atoms with E-state index in [2.05, 4.69) is 20.8 Å². The van der Waals surface area contributed by atoms with Gasteiger partial charge in [0.05, 0.1) is 18.0 Å². The Labute approximate surface area is 250 Å². The molecule has 0 radical (unpaired) electrons. The predicted molar refractivity (Wildman–Crippen MR) is 156 cm³/mol. The number of anilines is 1.